The monoisotopic (exact) mass is 418 g/mol. The van der Waals surface area contributed by atoms with Crippen LogP contribution in [-0.2, 0) is 4.79 Å². The molecule has 7 nitrogen and oxygen atoms in total. The molecule has 3 aromatic rings. The number of fused-ring (bicyclic) bond motifs is 1. The summed E-state index contributed by atoms with van der Waals surface area (Å²) in [6.45, 7) is 1.85. The van der Waals surface area contributed by atoms with E-state index in [9.17, 15) is 15.0 Å². The minimum atomic E-state index is -0.361. The van der Waals surface area contributed by atoms with Crippen LogP contribution < -0.4 is 10.1 Å². The van der Waals surface area contributed by atoms with Crippen molar-refractivity contribution in [2.24, 2.45) is 0 Å². The molecule has 1 aliphatic heterocycles. The number of phenols is 2. The molecule has 0 saturated carbocycles. The lowest BCUT2D eigenvalue weighted by atomic mass is 9.72. The Balaban J connectivity index is 1.62. The number of nitrogens with one attached hydrogen (secondary N) is 1. The SMILES string of the molecule is COc1cc([C@H]2C3=C(C[C@H](c4ccc(O)cc4)CC3=O)Nc3onc(C)c32)ccc1O. The van der Waals surface area contributed by atoms with Gasteiger partial charge in [0.05, 0.1) is 18.4 Å². The third-order valence-corrected chi connectivity index (χ3v) is 6.16. The molecular weight excluding hydrogens is 396 g/mol. The molecule has 0 unspecified atom stereocenters. The Labute approximate surface area is 179 Å². The van der Waals surface area contributed by atoms with E-state index in [1.165, 1.54) is 7.11 Å². The highest BCUT2D eigenvalue weighted by molar-refractivity contribution is 6.01. The van der Waals surface area contributed by atoms with E-state index >= 15 is 0 Å². The molecule has 2 aliphatic rings. The summed E-state index contributed by atoms with van der Waals surface area (Å²) in [5.41, 5.74) is 4.87. The molecule has 2 heterocycles. The maximum Gasteiger partial charge on any atom is 0.233 e. The zero-order valence-electron chi connectivity index (χ0n) is 17.2. The van der Waals surface area contributed by atoms with Gasteiger partial charge in [-0.05, 0) is 54.7 Å². The number of phenolic OH excluding ortho intramolecular Hbond substituents is 2. The molecule has 7 heteroatoms. The minimum absolute atomic E-state index is 0.0000720. The summed E-state index contributed by atoms with van der Waals surface area (Å²) in [5.74, 6) is 0.811. The van der Waals surface area contributed by atoms with Gasteiger partial charge in [0.1, 0.15) is 5.75 Å². The highest BCUT2D eigenvalue weighted by Crippen LogP contribution is 2.49. The molecule has 2 aromatic carbocycles. The topological polar surface area (TPSA) is 105 Å². The average molecular weight is 418 g/mol. The number of nitrogens with zero attached hydrogens (tertiary/aromatic N) is 1. The van der Waals surface area contributed by atoms with E-state index in [1.807, 2.05) is 19.1 Å². The van der Waals surface area contributed by atoms with Crippen molar-refractivity contribution in [2.45, 2.75) is 31.6 Å². The Bertz CT molecular complexity index is 1210. The van der Waals surface area contributed by atoms with E-state index in [0.29, 0.717) is 35.7 Å². The highest BCUT2D eigenvalue weighted by atomic mass is 16.5. The van der Waals surface area contributed by atoms with E-state index < -0.39 is 0 Å². The van der Waals surface area contributed by atoms with Crippen molar-refractivity contribution in [3.05, 3.63) is 76.1 Å². The van der Waals surface area contributed by atoms with E-state index in [2.05, 4.69) is 10.5 Å². The number of rotatable bonds is 3. The van der Waals surface area contributed by atoms with Crippen LogP contribution in [0.25, 0.3) is 0 Å². The van der Waals surface area contributed by atoms with Crippen molar-refractivity contribution in [1.29, 1.82) is 0 Å². The summed E-state index contributed by atoms with van der Waals surface area (Å²) in [4.78, 5) is 13.4. The normalized spacial score (nSPS) is 20.1. The number of hydrogen-bond acceptors (Lipinski definition) is 7. The molecule has 0 radical (unpaired) electrons. The molecule has 3 N–H and O–H groups in total. The maximum atomic E-state index is 13.4. The summed E-state index contributed by atoms with van der Waals surface area (Å²) in [6, 6.07) is 12.1. The smallest absolute Gasteiger partial charge is 0.233 e. The molecule has 1 aliphatic carbocycles. The quantitative estimate of drug-likeness (QED) is 0.580. The van der Waals surface area contributed by atoms with Gasteiger partial charge in [-0.3, -0.25) is 4.79 Å². The predicted molar refractivity (Wildman–Crippen MR) is 113 cm³/mol. The molecule has 1 aromatic heterocycles. The largest absolute Gasteiger partial charge is 0.508 e. The third-order valence-electron chi connectivity index (χ3n) is 6.16. The van der Waals surface area contributed by atoms with E-state index in [-0.39, 0.29) is 29.1 Å². The van der Waals surface area contributed by atoms with Crippen LogP contribution in [0.1, 0.15) is 47.1 Å². The summed E-state index contributed by atoms with van der Waals surface area (Å²) >= 11 is 0. The molecule has 2 atom stereocenters. The number of aromatic hydroxyl groups is 2. The number of hydrogen-bond donors (Lipinski definition) is 3. The highest BCUT2D eigenvalue weighted by Gasteiger charge is 2.41. The number of aryl methyl sites for hydroxylation is 1. The van der Waals surface area contributed by atoms with Crippen molar-refractivity contribution >= 4 is 11.7 Å². The number of ether oxygens (including phenoxy) is 1. The van der Waals surface area contributed by atoms with Crippen LogP contribution in [0.15, 0.2) is 58.3 Å². The van der Waals surface area contributed by atoms with Gasteiger partial charge in [0.2, 0.25) is 5.88 Å². The molecule has 0 bridgehead atoms. The second-order valence-corrected chi connectivity index (χ2v) is 8.01. The lowest BCUT2D eigenvalue weighted by Gasteiger charge is -2.34. The fraction of sp³-hybridized carbons (Fsp3) is 0.250. The summed E-state index contributed by atoms with van der Waals surface area (Å²) < 4.78 is 10.8. The Morgan fingerprint density at radius 1 is 1.10 bits per heavy atom. The van der Waals surface area contributed by atoms with Gasteiger partial charge >= 0.3 is 0 Å². The van der Waals surface area contributed by atoms with Crippen molar-refractivity contribution in [3.8, 4) is 17.2 Å². The molecule has 0 spiro atoms. The van der Waals surface area contributed by atoms with E-state index in [4.69, 9.17) is 9.26 Å². The molecular formula is C24H22N2O5. The van der Waals surface area contributed by atoms with Crippen LogP contribution in [0.3, 0.4) is 0 Å². The number of allylic oxidation sites excluding steroid dienone is 2. The van der Waals surface area contributed by atoms with Gasteiger partial charge in [-0.25, -0.2) is 0 Å². The first-order chi connectivity index (χ1) is 15.0. The van der Waals surface area contributed by atoms with Gasteiger partial charge in [-0.2, -0.15) is 0 Å². The Morgan fingerprint density at radius 2 is 1.84 bits per heavy atom. The Hall–Kier alpha value is -3.74. The fourth-order valence-corrected chi connectivity index (χ4v) is 4.66. The molecule has 0 amide bonds. The van der Waals surface area contributed by atoms with Crippen LogP contribution >= 0.6 is 0 Å². The van der Waals surface area contributed by atoms with Crippen molar-refractivity contribution in [2.75, 3.05) is 12.4 Å². The second kappa shape index (κ2) is 7.19. The lowest BCUT2D eigenvalue weighted by Crippen LogP contribution is -2.29. The van der Waals surface area contributed by atoms with Gasteiger partial charge in [-0.15, -0.1) is 0 Å². The minimum Gasteiger partial charge on any atom is -0.508 e. The number of anilines is 1. The lowest BCUT2D eigenvalue weighted by molar-refractivity contribution is -0.116. The zero-order chi connectivity index (χ0) is 21.7. The molecule has 0 fully saturated rings. The average Bonchev–Trinajstić information content (AvgIpc) is 3.13. The number of ketones is 1. The number of methoxy groups -OCH3 is 1. The zero-order valence-corrected chi connectivity index (χ0v) is 17.2. The first-order valence-corrected chi connectivity index (χ1v) is 10.1. The molecule has 158 valence electrons. The van der Waals surface area contributed by atoms with Gasteiger partial charge in [-0.1, -0.05) is 23.4 Å². The first-order valence-electron chi connectivity index (χ1n) is 10.1. The third kappa shape index (κ3) is 3.13. The number of benzene rings is 2. The van der Waals surface area contributed by atoms with Crippen LogP contribution in [0, 0.1) is 6.92 Å². The van der Waals surface area contributed by atoms with Crippen LogP contribution in [0.4, 0.5) is 5.88 Å². The van der Waals surface area contributed by atoms with Crippen LogP contribution in [0.5, 0.6) is 17.2 Å². The van der Waals surface area contributed by atoms with Gasteiger partial charge < -0.3 is 24.8 Å². The predicted octanol–water partition coefficient (Wildman–Crippen LogP) is 4.36. The van der Waals surface area contributed by atoms with Gasteiger partial charge in [0.15, 0.2) is 17.3 Å². The van der Waals surface area contributed by atoms with E-state index in [1.54, 1.807) is 30.3 Å². The standard InChI is InChI=1S/C24H22N2O5/c1-12-21-22(14-5-8-18(28)20(11-14)30-2)23-17(25-24(21)31-26-12)9-15(10-19(23)29)13-3-6-16(27)7-4-13/h3-8,11,15,22,25,27-28H,9-10H2,1-2H3/t15-,22+/m0/s1. The first kappa shape index (κ1) is 19.2. The summed E-state index contributed by atoms with van der Waals surface area (Å²) in [7, 11) is 1.50. The van der Waals surface area contributed by atoms with Crippen molar-refractivity contribution in [3.63, 3.8) is 0 Å². The second-order valence-electron chi connectivity index (χ2n) is 8.01. The molecule has 5 rings (SSSR count). The number of Topliss-reactive ketones (excluding diaryl/α,β-unsaturated/α-hetero) is 1. The Kier molecular flexibility index (Phi) is 4.46. The molecule has 0 saturated heterocycles. The van der Waals surface area contributed by atoms with Crippen molar-refractivity contribution < 1.29 is 24.3 Å². The maximum absolute atomic E-state index is 13.4. The van der Waals surface area contributed by atoms with E-state index in [0.717, 1.165) is 22.4 Å². The Morgan fingerprint density at radius 3 is 2.58 bits per heavy atom. The van der Waals surface area contributed by atoms with Crippen LogP contribution in [-0.4, -0.2) is 28.3 Å². The van der Waals surface area contributed by atoms with Gasteiger partial charge in [0, 0.05) is 23.6 Å². The number of carbonyl (C=O) groups excluding carboxylic acids is 1. The fourth-order valence-electron chi connectivity index (χ4n) is 4.66. The summed E-state index contributed by atoms with van der Waals surface area (Å²) in [6.07, 6.45) is 1.01. The van der Waals surface area contributed by atoms with Crippen molar-refractivity contribution in [1.82, 2.24) is 5.16 Å². The van der Waals surface area contributed by atoms with Gasteiger partial charge in [0.25, 0.3) is 0 Å². The number of aromatic nitrogens is 1. The summed E-state index contributed by atoms with van der Waals surface area (Å²) in [5, 5.41) is 27.1. The van der Waals surface area contributed by atoms with Crippen LogP contribution in [0.2, 0.25) is 0 Å². The molecule has 31 heavy (non-hydrogen) atoms. The number of carbonyl (C=O) groups is 1.